The van der Waals surface area contributed by atoms with E-state index in [0.717, 1.165) is 42.0 Å². The van der Waals surface area contributed by atoms with Gasteiger partial charge in [0.05, 0.1) is 26.5 Å². The number of Topliss-reactive ketones (excluding diaryl/α,β-unsaturated/α-hetero) is 1. The minimum absolute atomic E-state index is 0.249. The Bertz CT molecular complexity index is 688. The van der Waals surface area contributed by atoms with Crippen LogP contribution in [0.3, 0.4) is 0 Å². The van der Waals surface area contributed by atoms with Crippen LogP contribution in [0.1, 0.15) is 40.9 Å². The molecule has 0 fully saturated rings. The molecule has 1 heterocycles. The Kier molecular flexibility index (Phi) is 4.18. The second-order valence-electron chi connectivity index (χ2n) is 5.63. The van der Waals surface area contributed by atoms with E-state index in [1.807, 2.05) is 29.0 Å². The number of aryl methyl sites for hydroxylation is 1. The van der Waals surface area contributed by atoms with Gasteiger partial charge >= 0.3 is 0 Å². The summed E-state index contributed by atoms with van der Waals surface area (Å²) in [5, 5.41) is 0. The van der Waals surface area contributed by atoms with Gasteiger partial charge in [-0.2, -0.15) is 0 Å². The second kappa shape index (κ2) is 6.26. The molecule has 4 nitrogen and oxygen atoms in total. The molecule has 0 saturated carbocycles. The van der Waals surface area contributed by atoms with Crippen molar-refractivity contribution in [2.45, 2.75) is 32.2 Å². The van der Waals surface area contributed by atoms with Gasteiger partial charge in [-0.1, -0.05) is 0 Å². The van der Waals surface area contributed by atoms with Crippen LogP contribution in [0.2, 0.25) is 0 Å². The van der Waals surface area contributed by atoms with Gasteiger partial charge in [0.1, 0.15) is 11.5 Å². The lowest BCUT2D eigenvalue weighted by molar-refractivity contribution is 0.0973. The number of hydrogen-bond acceptors (Lipinski definition) is 3. The van der Waals surface area contributed by atoms with Gasteiger partial charge < -0.3 is 14.0 Å². The quantitative estimate of drug-likeness (QED) is 0.812. The first-order valence-corrected chi connectivity index (χ1v) is 7.65. The van der Waals surface area contributed by atoms with Crippen LogP contribution in [0, 0.1) is 0 Å². The zero-order valence-corrected chi connectivity index (χ0v) is 13.1. The van der Waals surface area contributed by atoms with Gasteiger partial charge in [0.2, 0.25) is 0 Å². The number of hydrogen-bond donors (Lipinski definition) is 0. The molecule has 0 spiro atoms. The van der Waals surface area contributed by atoms with Crippen molar-refractivity contribution in [3.8, 4) is 11.5 Å². The van der Waals surface area contributed by atoms with Crippen molar-refractivity contribution in [3.05, 3.63) is 47.3 Å². The Morgan fingerprint density at radius 1 is 1.09 bits per heavy atom. The summed E-state index contributed by atoms with van der Waals surface area (Å²) in [6.07, 6.45) is 5.71. The number of benzene rings is 1. The number of ketones is 1. The van der Waals surface area contributed by atoms with Gasteiger partial charge in [-0.15, -0.1) is 0 Å². The van der Waals surface area contributed by atoms with Crippen molar-refractivity contribution in [3.63, 3.8) is 0 Å². The van der Waals surface area contributed by atoms with Crippen LogP contribution in [-0.2, 0) is 13.0 Å². The lowest BCUT2D eigenvalue weighted by Gasteiger charge is -2.13. The molecule has 0 amide bonds. The summed E-state index contributed by atoms with van der Waals surface area (Å²) in [5.74, 6) is 1.85. The minimum Gasteiger partial charge on any atom is -0.497 e. The third kappa shape index (κ3) is 2.73. The Hall–Kier alpha value is -2.23. The summed E-state index contributed by atoms with van der Waals surface area (Å²) in [7, 11) is 3.31. The molecule has 0 radical (unpaired) electrons. The normalized spacial score (nSPS) is 14.4. The molecule has 1 aliphatic rings. The number of rotatable bonds is 4. The highest BCUT2D eigenvalue weighted by Crippen LogP contribution is 2.27. The molecule has 1 aliphatic carbocycles. The first-order valence-electron chi connectivity index (χ1n) is 7.65. The monoisotopic (exact) mass is 299 g/mol. The van der Waals surface area contributed by atoms with Gasteiger partial charge in [-0.05, 0) is 49.1 Å². The SMILES string of the molecule is COc1ccc(OC)c(Cn2ccc3c2C(=O)CCCC3)c1. The molecule has 1 aromatic carbocycles. The van der Waals surface area contributed by atoms with E-state index < -0.39 is 0 Å². The van der Waals surface area contributed by atoms with E-state index in [4.69, 9.17) is 9.47 Å². The Morgan fingerprint density at radius 2 is 1.91 bits per heavy atom. The molecular weight excluding hydrogens is 278 g/mol. The summed E-state index contributed by atoms with van der Waals surface area (Å²) in [6, 6.07) is 7.82. The van der Waals surface area contributed by atoms with Gasteiger partial charge in [0.25, 0.3) is 0 Å². The molecule has 0 saturated heterocycles. The third-order valence-corrected chi connectivity index (χ3v) is 4.24. The Balaban J connectivity index is 1.97. The predicted molar refractivity (Wildman–Crippen MR) is 85.0 cm³/mol. The fraction of sp³-hybridized carbons (Fsp3) is 0.389. The fourth-order valence-corrected chi connectivity index (χ4v) is 3.10. The molecule has 116 valence electrons. The molecule has 22 heavy (non-hydrogen) atoms. The largest absolute Gasteiger partial charge is 0.497 e. The molecule has 0 unspecified atom stereocenters. The Morgan fingerprint density at radius 3 is 2.68 bits per heavy atom. The van der Waals surface area contributed by atoms with Crippen LogP contribution in [0.15, 0.2) is 30.5 Å². The van der Waals surface area contributed by atoms with Crippen LogP contribution >= 0.6 is 0 Å². The summed E-state index contributed by atoms with van der Waals surface area (Å²) >= 11 is 0. The second-order valence-corrected chi connectivity index (χ2v) is 5.63. The van der Waals surface area contributed by atoms with Crippen molar-refractivity contribution >= 4 is 5.78 Å². The van der Waals surface area contributed by atoms with Gasteiger partial charge in [-0.3, -0.25) is 4.79 Å². The molecule has 0 atom stereocenters. The van der Waals surface area contributed by atoms with E-state index in [1.54, 1.807) is 14.2 Å². The van der Waals surface area contributed by atoms with Gasteiger partial charge in [-0.25, -0.2) is 0 Å². The average molecular weight is 299 g/mol. The van der Waals surface area contributed by atoms with Crippen LogP contribution in [0.4, 0.5) is 0 Å². The van der Waals surface area contributed by atoms with Crippen molar-refractivity contribution in [2.24, 2.45) is 0 Å². The van der Waals surface area contributed by atoms with E-state index in [9.17, 15) is 4.79 Å². The van der Waals surface area contributed by atoms with E-state index in [2.05, 4.69) is 6.07 Å². The average Bonchev–Trinajstić information content (AvgIpc) is 2.84. The molecule has 0 N–H and O–H groups in total. The minimum atomic E-state index is 0.249. The number of carbonyl (C=O) groups is 1. The highest BCUT2D eigenvalue weighted by Gasteiger charge is 2.20. The highest BCUT2D eigenvalue weighted by atomic mass is 16.5. The maximum atomic E-state index is 12.4. The van der Waals surface area contributed by atoms with Crippen molar-refractivity contribution in [1.29, 1.82) is 0 Å². The van der Waals surface area contributed by atoms with Crippen molar-refractivity contribution in [1.82, 2.24) is 4.57 Å². The van der Waals surface area contributed by atoms with E-state index in [1.165, 1.54) is 5.56 Å². The number of carbonyl (C=O) groups excluding carboxylic acids is 1. The number of nitrogens with zero attached hydrogens (tertiary/aromatic N) is 1. The summed E-state index contributed by atoms with van der Waals surface area (Å²) in [6.45, 7) is 0.613. The predicted octanol–water partition coefficient (Wildman–Crippen LogP) is 3.46. The molecule has 3 rings (SSSR count). The standard InChI is InChI=1S/C18H21NO3/c1-21-15-7-8-17(22-2)14(11-15)12-19-10-9-13-5-3-4-6-16(20)18(13)19/h7-11H,3-6,12H2,1-2H3. The molecule has 0 aliphatic heterocycles. The number of ether oxygens (including phenoxy) is 2. The van der Waals surface area contributed by atoms with E-state index in [0.29, 0.717) is 13.0 Å². The highest BCUT2D eigenvalue weighted by molar-refractivity contribution is 5.96. The van der Waals surface area contributed by atoms with E-state index >= 15 is 0 Å². The zero-order valence-electron chi connectivity index (χ0n) is 13.1. The van der Waals surface area contributed by atoms with Gasteiger partial charge in [0, 0.05) is 18.2 Å². The summed E-state index contributed by atoms with van der Waals surface area (Å²) in [4.78, 5) is 12.4. The van der Waals surface area contributed by atoms with Crippen LogP contribution in [0.25, 0.3) is 0 Å². The van der Waals surface area contributed by atoms with Crippen LogP contribution in [-0.4, -0.2) is 24.6 Å². The maximum absolute atomic E-state index is 12.4. The van der Waals surface area contributed by atoms with Crippen LogP contribution < -0.4 is 9.47 Å². The molecule has 2 aromatic rings. The van der Waals surface area contributed by atoms with E-state index in [-0.39, 0.29) is 5.78 Å². The molecule has 1 aromatic heterocycles. The van der Waals surface area contributed by atoms with Gasteiger partial charge in [0.15, 0.2) is 5.78 Å². The molecular formula is C18H21NO3. The summed E-state index contributed by atoms with van der Waals surface area (Å²) < 4.78 is 12.8. The molecule has 4 heteroatoms. The smallest absolute Gasteiger partial charge is 0.179 e. The first-order chi connectivity index (χ1) is 10.7. The topological polar surface area (TPSA) is 40.5 Å². The lowest BCUT2D eigenvalue weighted by atomic mass is 10.1. The first kappa shape index (κ1) is 14.7. The number of methoxy groups -OCH3 is 2. The Labute approximate surface area is 130 Å². The van der Waals surface area contributed by atoms with Crippen LogP contribution in [0.5, 0.6) is 11.5 Å². The fourth-order valence-electron chi connectivity index (χ4n) is 3.10. The number of fused-ring (bicyclic) bond motifs is 1. The lowest BCUT2D eigenvalue weighted by Crippen LogP contribution is -2.11. The number of aromatic nitrogens is 1. The molecule has 0 bridgehead atoms. The summed E-state index contributed by atoms with van der Waals surface area (Å²) in [5.41, 5.74) is 3.05. The van der Waals surface area contributed by atoms with Crippen molar-refractivity contribution in [2.75, 3.05) is 14.2 Å². The zero-order chi connectivity index (χ0) is 15.5. The maximum Gasteiger partial charge on any atom is 0.179 e. The van der Waals surface area contributed by atoms with Crippen molar-refractivity contribution < 1.29 is 14.3 Å². The third-order valence-electron chi connectivity index (χ3n) is 4.24.